The van der Waals surface area contributed by atoms with E-state index in [0.717, 1.165) is 43.8 Å². The first-order valence-corrected chi connectivity index (χ1v) is 6.80. The van der Waals surface area contributed by atoms with E-state index in [4.69, 9.17) is 15.9 Å². The normalized spacial score (nSPS) is 16.6. The molecule has 3 N–H and O–H groups in total. The van der Waals surface area contributed by atoms with Crippen molar-refractivity contribution >= 4 is 11.5 Å². The second-order valence-corrected chi connectivity index (χ2v) is 5.32. The molecule has 1 saturated heterocycles. The number of benzene rings is 1. The molecule has 0 atom stereocenters. The van der Waals surface area contributed by atoms with Crippen LogP contribution in [-0.2, 0) is 4.74 Å². The van der Waals surface area contributed by atoms with E-state index < -0.39 is 0 Å². The van der Waals surface area contributed by atoms with Crippen LogP contribution in [0.3, 0.4) is 0 Å². The van der Waals surface area contributed by atoms with Crippen LogP contribution in [0.25, 0.3) is 0 Å². The molecule has 0 spiro atoms. The van der Waals surface area contributed by atoms with Crippen LogP contribution in [0.4, 0.5) is 5.69 Å². The highest BCUT2D eigenvalue weighted by Crippen LogP contribution is 2.27. The molecule has 4 heteroatoms. The fourth-order valence-corrected chi connectivity index (χ4v) is 2.71. The van der Waals surface area contributed by atoms with E-state index in [0.29, 0.717) is 5.92 Å². The Bertz CT molecular complexity index is 451. The largest absolute Gasteiger partial charge is 0.384 e. The number of nitrogens with one attached hydrogen (secondary N) is 1. The summed E-state index contributed by atoms with van der Waals surface area (Å²) in [4.78, 5) is 2.34. The van der Waals surface area contributed by atoms with Crippen molar-refractivity contribution in [3.05, 3.63) is 29.3 Å². The van der Waals surface area contributed by atoms with Crippen molar-refractivity contribution in [3.63, 3.8) is 0 Å². The number of hydrogen-bond acceptors (Lipinski definition) is 3. The topological polar surface area (TPSA) is 62.3 Å². The van der Waals surface area contributed by atoms with Gasteiger partial charge in [-0.1, -0.05) is 6.07 Å². The van der Waals surface area contributed by atoms with Gasteiger partial charge in [0.2, 0.25) is 0 Å². The molecule has 1 aromatic carbocycles. The second-order valence-electron chi connectivity index (χ2n) is 5.32. The minimum Gasteiger partial charge on any atom is -0.384 e. The number of nitrogen functional groups attached to an aromatic ring is 1. The smallest absolute Gasteiger partial charge is 0.124 e. The molecule has 0 unspecified atom stereocenters. The first-order valence-electron chi connectivity index (χ1n) is 6.80. The molecule has 0 radical (unpaired) electrons. The van der Waals surface area contributed by atoms with Crippen LogP contribution in [0.15, 0.2) is 18.2 Å². The lowest BCUT2D eigenvalue weighted by Crippen LogP contribution is -2.36. The summed E-state index contributed by atoms with van der Waals surface area (Å²) in [7, 11) is 1.76. The van der Waals surface area contributed by atoms with Gasteiger partial charge in [0.15, 0.2) is 0 Å². The molecule has 1 heterocycles. The third kappa shape index (κ3) is 3.26. The molecule has 104 valence electrons. The number of amidine groups is 1. The van der Waals surface area contributed by atoms with E-state index in [2.05, 4.69) is 17.9 Å². The zero-order chi connectivity index (χ0) is 13.8. The summed E-state index contributed by atoms with van der Waals surface area (Å²) in [6.45, 7) is 4.95. The molecule has 0 amide bonds. The standard InChI is InChI=1S/C15H23N3O/c1-11-3-4-13(15(16)17)14(9-11)18-7-5-12(6-8-18)10-19-2/h3-4,9,12H,5-8,10H2,1-2H3,(H3,16,17). The zero-order valence-electron chi connectivity index (χ0n) is 11.8. The van der Waals surface area contributed by atoms with Gasteiger partial charge in [-0.25, -0.2) is 0 Å². The summed E-state index contributed by atoms with van der Waals surface area (Å²) in [5.41, 5.74) is 8.83. The lowest BCUT2D eigenvalue weighted by molar-refractivity contribution is 0.139. The van der Waals surface area contributed by atoms with E-state index in [1.165, 1.54) is 5.56 Å². The number of rotatable bonds is 4. The maximum atomic E-state index is 7.70. The maximum Gasteiger partial charge on any atom is 0.124 e. The summed E-state index contributed by atoms with van der Waals surface area (Å²) < 4.78 is 5.23. The minimum absolute atomic E-state index is 0.147. The van der Waals surface area contributed by atoms with Crippen molar-refractivity contribution in [2.75, 3.05) is 31.7 Å². The summed E-state index contributed by atoms with van der Waals surface area (Å²) >= 11 is 0. The molecule has 1 aromatic rings. The van der Waals surface area contributed by atoms with E-state index in [9.17, 15) is 0 Å². The Morgan fingerprint density at radius 1 is 1.42 bits per heavy atom. The predicted octanol–water partition coefficient (Wildman–Crippen LogP) is 2.14. The van der Waals surface area contributed by atoms with Crippen LogP contribution < -0.4 is 10.6 Å². The lowest BCUT2D eigenvalue weighted by atomic mass is 9.96. The Morgan fingerprint density at radius 3 is 2.68 bits per heavy atom. The first kappa shape index (κ1) is 13.9. The van der Waals surface area contributed by atoms with E-state index in [1.54, 1.807) is 7.11 Å². The number of methoxy groups -OCH3 is 1. The summed E-state index contributed by atoms with van der Waals surface area (Å²) in [6, 6.07) is 6.10. The number of piperidine rings is 1. The number of anilines is 1. The monoisotopic (exact) mass is 261 g/mol. The fourth-order valence-electron chi connectivity index (χ4n) is 2.71. The molecule has 19 heavy (non-hydrogen) atoms. The van der Waals surface area contributed by atoms with Crippen molar-refractivity contribution < 1.29 is 4.74 Å². The van der Waals surface area contributed by atoms with Gasteiger partial charge in [0.05, 0.1) is 0 Å². The Hall–Kier alpha value is -1.55. The minimum atomic E-state index is 0.147. The number of ether oxygens (including phenoxy) is 1. The van der Waals surface area contributed by atoms with Gasteiger partial charge < -0.3 is 15.4 Å². The van der Waals surface area contributed by atoms with Gasteiger partial charge in [0, 0.05) is 38.1 Å². The number of aryl methyl sites for hydroxylation is 1. The molecule has 1 aliphatic heterocycles. The van der Waals surface area contributed by atoms with Gasteiger partial charge in [-0.2, -0.15) is 0 Å². The van der Waals surface area contributed by atoms with Crippen molar-refractivity contribution in [1.29, 1.82) is 5.41 Å². The van der Waals surface area contributed by atoms with E-state index >= 15 is 0 Å². The van der Waals surface area contributed by atoms with Gasteiger partial charge in [-0.15, -0.1) is 0 Å². The first-order chi connectivity index (χ1) is 9.11. The van der Waals surface area contributed by atoms with Crippen molar-refractivity contribution in [1.82, 2.24) is 0 Å². The Labute approximate surface area is 115 Å². The van der Waals surface area contributed by atoms with Crippen molar-refractivity contribution in [2.45, 2.75) is 19.8 Å². The average molecular weight is 261 g/mol. The van der Waals surface area contributed by atoms with Gasteiger partial charge >= 0.3 is 0 Å². The van der Waals surface area contributed by atoms with Crippen LogP contribution in [0.1, 0.15) is 24.0 Å². The van der Waals surface area contributed by atoms with Gasteiger partial charge in [-0.05, 0) is 43.4 Å². The van der Waals surface area contributed by atoms with Crippen LogP contribution in [0.5, 0.6) is 0 Å². The Balaban J connectivity index is 2.14. The number of nitrogens with zero attached hydrogens (tertiary/aromatic N) is 1. The molecule has 1 fully saturated rings. The highest BCUT2D eigenvalue weighted by atomic mass is 16.5. The Morgan fingerprint density at radius 2 is 2.11 bits per heavy atom. The zero-order valence-corrected chi connectivity index (χ0v) is 11.8. The third-order valence-corrected chi connectivity index (χ3v) is 3.80. The molecule has 1 aliphatic rings. The number of nitrogens with two attached hydrogens (primary N) is 1. The van der Waals surface area contributed by atoms with Crippen LogP contribution >= 0.6 is 0 Å². The predicted molar refractivity (Wildman–Crippen MR) is 79.0 cm³/mol. The molecule has 0 aromatic heterocycles. The molecular formula is C15H23N3O. The quantitative estimate of drug-likeness (QED) is 0.645. The highest BCUT2D eigenvalue weighted by molar-refractivity contribution is 6.00. The second kappa shape index (κ2) is 6.06. The van der Waals surface area contributed by atoms with Gasteiger partial charge in [-0.3, -0.25) is 5.41 Å². The highest BCUT2D eigenvalue weighted by Gasteiger charge is 2.21. The maximum absolute atomic E-state index is 7.70. The van der Waals surface area contributed by atoms with E-state index in [-0.39, 0.29) is 5.84 Å². The lowest BCUT2D eigenvalue weighted by Gasteiger charge is -2.34. The van der Waals surface area contributed by atoms with E-state index in [1.807, 2.05) is 12.1 Å². The average Bonchev–Trinajstić information content (AvgIpc) is 2.39. The van der Waals surface area contributed by atoms with Gasteiger partial charge in [0.1, 0.15) is 5.84 Å². The van der Waals surface area contributed by atoms with Crippen LogP contribution in [0.2, 0.25) is 0 Å². The third-order valence-electron chi connectivity index (χ3n) is 3.80. The number of hydrogen-bond donors (Lipinski definition) is 2. The molecule has 2 rings (SSSR count). The molecule has 0 aliphatic carbocycles. The van der Waals surface area contributed by atoms with Crippen molar-refractivity contribution in [3.8, 4) is 0 Å². The van der Waals surface area contributed by atoms with Crippen LogP contribution in [-0.4, -0.2) is 32.6 Å². The molecule has 0 bridgehead atoms. The SMILES string of the molecule is COCC1CCN(c2cc(C)ccc2C(=N)N)CC1. The Kier molecular flexibility index (Phi) is 4.43. The van der Waals surface area contributed by atoms with Crippen LogP contribution in [0, 0.1) is 18.3 Å². The summed E-state index contributed by atoms with van der Waals surface area (Å²) in [6.07, 6.45) is 2.28. The molecule has 0 saturated carbocycles. The molecular weight excluding hydrogens is 238 g/mol. The molecule has 4 nitrogen and oxygen atoms in total. The summed E-state index contributed by atoms with van der Waals surface area (Å²) in [5, 5.41) is 7.70. The fraction of sp³-hybridized carbons (Fsp3) is 0.533. The summed E-state index contributed by atoms with van der Waals surface area (Å²) in [5.74, 6) is 0.806. The van der Waals surface area contributed by atoms with Gasteiger partial charge in [0.25, 0.3) is 0 Å². The van der Waals surface area contributed by atoms with Crippen molar-refractivity contribution in [2.24, 2.45) is 11.7 Å².